The van der Waals surface area contributed by atoms with Crippen molar-refractivity contribution in [3.8, 4) is 5.69 Å². The Balaban J connectivity index is 1.30. The quantitative estimate of drug-likeness (QED) is 0.474. The molecular weight excluding hydrogens is 442 g/mol. The van der Waals surface area contributed by atoms with Gasteiger partial charge in [-0.05, 0) is 25.1 Å². The fourth-order valence-electron chi connectivity index (χ4n) is 4.45. The number of hydrogen-bond acceptors (Lipinski definition) is 9. The lowest BCUT2D eigenvalue weighted by Gasteiger charge is -2.46. The second kappa shape index (κ2) is 8.24. The number of aryl methyl sites for hydroxylation is 1. The fourth-order valence-corrected chi connectivity index (χ4v) is 5.16. The Labute approximate surface area is 193 Å². The summed E-state index contributed by atoms with van der Waals surface area (Å²) in [7, 11) is 0. The Morgan fingerprint density at radius 2 is 2.00 bits per heavy atom. The molecule has 6 atom stereocenters. The van der Waals surface area contributed by atoms with Gasteiger partial charge in [0.05, 0.1) is 34.1 Å². The number of aliphatic hydroxyl groups excluding tert-OH is 1. The molecule has 0 radical (unpaired) electrons. The van der Waals surface area contributed by atoms with Gasteiger partial charge in [0.1, 0.15) is 30.2 Å². The molecule has 3 N–H and O–H groups in total. The van der Waals surface area contributed by atoms with Gasteiger partial charge in [0.15, 0.2) is 12.1 Å². The zero-order valence-electron chi connectivity index (χ0n) is 17.8. The normalized spacial score (nSPS) is 29.8. The van der Waals surface area contributed by atoms with E-state index in [0.29, 0.717) is 18.3 Å². The molecule has 4 aromatic rings. The van der Waals surface area contributed by atoms with Gasteiger partial charge >= 0.3 is 0 Å². The van der Waals surface area contributed by atoms with Gasteiger partial charge in [0.25, 0.3) is 0 Å². The first kappa shape index (κ1) is 20.8. The number of aromatic nitrogens is 4. The zero-order valence-corrected chi connectivity index (χ0v) is 18.6. The first-order valence-electron chi connectivity index (χ1n) is 10.8. The van der Waals surface area contributed by atoms with Crippen molar-refractivity contribution in [3.05, 3.63) is 71.3 Å². The molecule has 6 rings (SSSR count). The molecule has 170 valence electrons. The molecule has 0 spiro atoms. The SMILES string of the molecule is Cc1nc([C@@H]2OC3COC(c4ccccc4)O[C@@H]3C(N)[C@@H]2O)n(-c2ccc3ncsc3c2)n1. The molecule has 0 saturated carbocycles. The minimum absolute atomic E-state index is 0.293. The van der Waals surface area contributed by atoms with E-state index in [-0.39, 0.29) is 0 Å². The van der Waals surface area contributed by atoms with E-state index in [0.717, 1.165) is 21.5 Å². The molecule has 2 fully saturated rings. The molecule has 10 heteroatoms. The number of fused-ring (bicyclic) bond motifs is 2. The van der Waals surface area contributed by atoms with Crippen molar-refractivity contribution in [2.24, 2.45) is 5.73 Å². The van der Waals surface area contributed by atoms with Crippen LogP contribution in [0.15, 0.2) is 54.0 Å². The zero-order chi connectivity index (χ0) is 22.5. The second-order valence-electron chi connectivity index (χ2n) is 8.27. The van der Waals surface area contributed by atoms with E-state index >= 15 is 0 Å². The van der Waals surface area contributed by atoms with E-state index in [1.807, 2.05) is 48.5 Å². The van der Waals surface area contributed by atoms with Crippen molar-refractivity contribution in [2.45, 2.75) is 43.7 Å². The number of hydrogen-bond donors (Lipinski definition) is 2. The molecule has 2 aromatic carbocycles. The average molecular weight is 466 g/mol. The van der Waals surface area contributed by atoms with Gasteiger partial charge in [-0.1, -0.05) is 30.3 Å². The predicted octanol–water partition coefficient (Wildman–Crippen LogP) is 2.43. The number of thiazole rings is 1. The number of ether oxygens (including phenoxy) is 3. The van der Waals surface area contributed by atoms with E-state index in [9.17, 15) is 5.11 Å². The molecule has 9 nitrogen and oxygen atoms in total. The third kappa shape index (κ3) is 3.65. The van der Waals surface area contributed by atoms with E-state index < -0.39 is 36.7 Å². The highest BCUT2D eigenvalue weighted by Crippen LogP contribution is 2.38. The smallest absolute Gasteiger partial charge is 0.184 e. The highest BCUT2D eigenvalue weighted by molar-refractivity contribution is 7.16. The van der Waals surface area contributed by atoms with Crippen molar-refractivity contribution in [3.63, 3.8) is 0 Å². The summed E-state index contributed by atoms with van der Waals surface area (Å²) in [6.45, 7) is 2.10. The molecule has 0 bridgehead atoms. The summed E-state index contributed by atoms with van der Waals surface area (Å²) < 4.78 is 21.1. The van der Waals surface area contributed by atoms with Crippen molar-refractivity contribution < 1.29 is 19.3 Å². The monoisotopic (exact) mass is 465 g/mol. The van der Waals surface area contributed by atoms with Gasteiger partial charge in [0.2, 0.25) is 0 Å². The summed E-state index contributed by atoms with van der Waals surface area (Å²) in [5, 5.41) is 15.7. The molecule has 2 aromatic heterocycles. The molecular formula is C23H23N5O4S. The van der Waals surface area contributed by atoms with Gasteiger partial charge in [-0.25, -0.2) is 14.6 Å². The number of aliphatic hydroxyl groups is 1. The molecule has 0 amide bonds. The van der Waals surface area contributed by atoms with E-state index in [4.69, 9.17) is 19.9 Å². The van der Waals surface area contributed by atoms with Gasteiger partial charge < -0.3 is 25.1 Å². The van der Waals surface area contributed by atoms with Gasteiger partial charge in [-0.2, -0.15) is 5.10 Å². The van der Waals surface area contributed by atoms with E-state index in [1.54, 1.807) is 28.5 Å². The first-order valence-corrected chi connectivity index (χ1v) is 11.6. The summed E-state index contributed by atoms with van der Waals surface area (Å²) in [6.07, 6.45) is -3.32. The molecule has 0 aliphatic carbocycles. The lowest BCUT2D eigenvalue weighted by Crippen LogP contribution is -2.62. The highest BCUT2D eigenvalue weighted by Gasteiger charge is 2.49. The maximum Gasteiger partial charge on any atom is 0.184 e. The summed E-state index contributed by atoms with van der Waals surface area (Å²) in [5.74, 6) is 1.06. The molecule has 2 saturated heterocycles. The van der Waals surface area contributed by atoms with E-state index in [2.05, 4.69) is 15.1 Å². The first-order chi connectivity index (χ1) is 16.1. The fraction of sp³-hybridized carbons (Fsp3) is 0.348. The molecule has 33 heavy (non-hydrogen) atoms. The van der Waals surface area contributed by atoms with Crippen LogP contribution in [-0.2, 0) is 14.2 Å². The van der Waals surface area contributed by atoms with Crippen LogP contribution < -0.4 is 5.73 Å². The molecule has 3 unspecified atom stereocenters. The third-order valence-corrected chi connectivity index (χ3v) is 6.88. The molecule has 2 aliphatic rings. The Morgan fingerprint density at radius 1 is 1.15 bits per heavy atom. The summed E-state index contributed by atoms with van der Waals surface area (Å²) in [4.78, 5) is 8.91. The minimum atomic E-state index is -1.03. The second-order valence-corrected chi connectivity index (χ2v) is 9.16. The topological polar surface area (TPSA) is 118 Å². The maximum absolute atomic E-state index is 11.1. The van der Waals surface area contributed by atoms with Crippen LogP contribution in [0.1, 0.15) is 29.6 Å². The van der Waals surface area contributed by atoms with Crippen LogP contribution >= 0.6 is 11.3 Å². The van der Waals surface area contributed by atoms with Gasteiger partial charge in [-0.15, -0.1) is 11.3 Å². The lowest BCUT2D eigenvalue weighted by molar-refractivity contribution is -0.309. The van der Waals surface area contributed by atoms with Gasteiger partial charge in [-0.3, -0.25) is 0 Å². The van der Waals surface area contributed by atoms with Crippen LogP contribution in [0.4, 0.5) is 0 Å². The Bertz CT molecular complexity index is 1280. The standard InChI is InChI=1S/C23H23N5O4S/c1-12-26-22(28(27-12)14-7-8-15-17(9-14)33-11-25-15)21-19(29)18(24)20-16(31-21)10-30-23(32-20)13-5-3-2-4-6-13/h2-9,11,16,18-21,23,29H,10,24H2,1H3/t16?,18?,19-,20-,21+,23?/m0/s1. The number of nitrogens with two attached hydrogens (primary N) is 1. The minimum Gasteiger partial charge on any atom is -0.388 e. The highest BCUT2D eigenvalue weighted by atomic mass is 32.1. The molecule has 4 heterocycles. The Morgan fingerprint density at radius 3 is 2.85 bits per heavy atom. The number of nitrogens with zero attached hydrogens (tertiary/aromatic N) is 4. The largest absolute Gasteiger partial charge is 0.388 e. The molecule has 2 aliphatic heterocycles. The average Bonchev–Trinajstić information content (AvgIpc) is 3.47. The van der Waals surface area contributed by atoms with Crippen molar-refractivity contribution in [2.75, 3.05) is 6.61 Å². The van der Waals surface area contributed by atoms with Crippen LogP contribution in [0, 0.1) is 6.92 Å². The Kier molecular flexibility index (Phi) is 5.21. The van der Waals surface area contributed by atoms with Crippen molar-refractivity contribution >= 4 is 21.6 Å². The van der Waals surface area contributed by atoms with Crippen LogP contribution in [0.5, 0.6) is 0 Å². The predicted molar refractivity (Wildman–Crippen MR) is 121 cm³/mol. The van der Waals surface area contributed by atoms with Crippen LogP contribution in [0.2, 0.25) is 0 Å². The van der Waals surface area contributed by atoms with Crippen molar-refractivity contribution in [1.29, 1.82) is 0 Å². The summed E-state index contributed by atoms with van der Waals surface area (Å²) in [5.41, 5.74) is 10.9. The Hall–Kier alpha value is -2.73. The number of benzene rings is 2. The summed E-state index contributed by atoms with van der Waals surface area (Å²) >= 11 is 1.55. The lowest BCUT2D eigenvalue weighted by atomic mass is 9.92. The van der Waals surface area contributed by atoms with Crippen LogP contribution in [-0.4, -0.2) is 55.8 Å². The summed E-state index contributed by atoms with van der Waals surface area (Å²) in [6, 6.07) is 14.8. The van der Waals surface area contributed by atoms with Crippen LogP contribution in [0.3, 0.4) is 0 Å². The third-order valence-electron chi connectivity index (χ3n) is 6.09. The number of rotatable bonds is 3. The van der Waals surface area contributed by atoms with Crippen molar-refractivity contribution in [1.82, 2.24) is 19.7 Å². The van der Waals surface area contributed by atoms with Crippen LogP contribution in [0.25, 0.3) is 15.9 Å². The van der Waals surface area contributed by atoms with E-state index in [1.165, 1.54) is 0 Å². The van der Waals surface area contributed by atoms with Gasteiger partial charge in [0, 0.05) is 5.56 Å². The maximum atomic E-state index is 11.1.